The Balaban J connectivity index is 0. The molecule has 0 aliphatic rings. The summed E-state index contributed by atoms with van der Waals surface area (Å²) in [5.41, 5.74) is 0. The molecule has 0 radical (unpaired) electrons. The molecule has 0 aromatic carbocycles. The van der Waals surface area contributed by atoms with Gasteiger partial charge in [0.15, 0.2) is 0 Å². The van der Waals surface area contributed by atoms with Crippen molar-refractivity contribution >= 4 is 12.2 Å². The standard InChI is InChI=1S/C3H6N2.CH2O3/c1-2-5-3-4;2-1(3)4/h4H,2H2,1H3;(H2,2,3,4). The van der Waals surface area contributed by atoms with E-state index in [9.17, 15) is 0 Å². The van der Waals surface area contributed by atoms with Crippen molar-refractivity contribution < 1.29 is 15.0 Å². The first kappa shape index (κ1) is 10.6. The molecule has 0 atom stereocenters. The molecule has 3 N–H and O–H groups in total. The van der Waals surface area contributed by atoms with Crippen LogP contribution in [0.3, 0.4) is 0 Å². The van der Waals surface area contributed by atoms with Crippen molar-refractivity contribution in [1.29, 1.82) is 5.41 Å². The van der Waals surface area contributed by atoms with Crippen LogP contribution in [-0.4, -0.2) is 28.9 Å². The molecule has 0 aliphatic heterocycles. The fourth-order valence-corrected chi connectivity index (χ4v) is 0.0791. The molecular formula is C4H8N2O3. The van der Waals surface area contributed by atoms with E-state index in [1.54, 1.807) is 0 Å². The Bertz CT molecular complexity index is 113. The van der Waals surface area contributed by atoms with Crippen LogP contribution in [0.25, 0.3) is 0 Å². The molecule has 52 valence electrons. The lowest BCUT2D eigenvalue weighted by molar-refractivity contribution is 0.137. The Kier molecular flexibility index (Phi) is 11.6. The summed E-state index contributed by atoms with van der Waals surface area (Å²) in [5, 5.41) is 20.1. The summed E-state index contributed by atoms with van der Waals surface area (Å²) in [5.74, 6) is 0. The number of hydrogen-bond acceptors (Lipinski definition) is 3. The van der Waals surface area contributed by atoms with Gasteiger partial charge in [0.1, 0.15) is 0 Å². The largest absolute Gasteiger partial charge is 0.503 e. The number of hydrogen-bond donors (Lipinski definition) is 3. The quantitative estimate of drug-likeness (QED) is 0.464. The van der Waals surface area contributed by atoms with E-state index in [-0.39, 0.29) is 0 Å². The first-order valence-corrected chi connectivity index (χ1v) is 2.15. The lowest BCUT2D eigenvalue weighted by Crippen LogP contribution is -1.81. The third kappa shape index (κ3) is 340. The molecular weight excluding hydrogens is 124 g/mol. The molecule has 0 aromatic heterocycles. The first-order valence-electron chi connectivity index (χ1n) is 2.15. The van der Waals surface area contributed by atoms with E-state index in [1.165, 1.54) is 0 Å². The van der Waals surface area contributed by atoms with Gasteiger partial charge in [-0.15, -0.1) is 0 Å². The summed E-state index contributed by atoms with van der Waals surface area (Å²) in [4.78, 5) is 11.9. The second-order valence-corrected chi connectivity index (χ2v) is 0.869. The molecule has 5 heteroatoms. The second kappa shape index (κ2) is 9.82. The number of rotatable bonds is 1. The van der Waals surface area contributed by atoms with Crippen LogP contribution in [-0.2, 0) is 0 Å². The van der Waals surface area contributed by atoms with Crippen LogP contribution in [0.1, 0.15) is 6.92 Å². The van der Waals surface area contributed by atoms with Gasteiger partial charge >= 0.3 is 6.16 Å². The molecule has 0 aromatic rings. The minimum absolute atomic E-state index is 0.670. The summed E-state index contributed by atoms with van der Waals surface area (Å²) in [7, 11) is 0. The van der Waals surface area contributed by atoms with Crippen molar-refractivity contribution in [3.8, 4) is 0 Å². The van der Waals surface area contributed by atoms with Crippen molar-refractivity contribution in [1.82, 2.24) is 0 Å². The van der Waals surface area contributed by atoms with Gasteiger partial charge in [-0.3, -0.25) is 0 Å². The molecule has 0 amide bonds. The third-order valence-electron chi connectivity index (χ3n) is 0.237. The molecule has 0 unspecified atom stereocenters. The van der Waals surface area contributed by atoms with E-state index in [0.29, 0.717) is 6.54 Å². The highest BCUT2D eigenvalue weighted by molar-refractivity contribution is 5.53. The average Bonchev–Trinajstić information content (AvgIpc) is 1.66. The van der Waals surface area contributed by atoms with E-state index in [2.05, 4.69) is 4.99 Å². The van der Waals surface area contributed by atoms with Crippen molar-refractivity contribution in [2.24, 2.45) is 4.99 Å². The highest BCUT2D eigenvalue weighted by Gasteiger charge is 1.70. The van der Waals surface area contributed by atoms with Crippen LogP contribution in [0.5, 0.6) is 0 Å². The summed E-state index contributed by atoms with van der Waals surface area (Å²) in [6, 6.07) is 1.89. The molecule has 0 saturated carbocycles. The topological polar surface area (TPSA) is 93.7 Å². The predicted octanol–water partition coefficient (Wildman–Crippen LogP) is 0.981. The van der Waals surface area contributed by atoms with Crippen LogP contribution in [0.2, 0.25) is 0 Å². The summed E-state index contributed by atoms with van der Waals surface area (Å²) in [6.45, 7) is 2.53. The van der Waals surface area contributed by atoms with Gasteiger partial charge in [-0.1, -0.05) is 0 Å². The van der Waals surface area contributed by atoms with E-state index in [4.69, 9.17) is 20.4 Å². The average molecular weight is 132 g/mol. The Hall–Kier alpha value is -1.35. The van der Waals surface area contributed by atoms with Crippen molar-refractivity contribution in [3.63, 3.8) is 0 Å². The Morgan fingerprint density at radius 2 is 2.11 bits per heavy atom. The molecule has 0 spiro atoms. The summed E-state index contributed by atoms with van der Waals surface area (Å²) in [6.07, 6.45) is -1.83. The number of nitrogens with one attached hydrogen (secondary N) is 1. The van der Waals surface area contributed by atoms with Crippen molar-refractivity contribution in [2.75, 3.05) is 6.54 Å². The summed E-state index contributed by atoms with van der Waals surface area (Å²) >= 11 is 0. The maximum Gasteiger partial charge on any atom is 0.503 e. The number of carbonyl (C=O) groups is 1. The summed E-state index contributed by atoms with van der Waals surface area (Å²) < 4.78 is 0. The van der Waals surface area contributed by atoms with E-state index >= 15 is 0 Å². The lowest BCUT2D eigenvalue weighted by Gasteiger charge is -1.60. The highest BCUT2D eigenvalue weighted by Crippen LogP contribution is 1.53. The highest BCUT2D eigenvalue weighted by atomic mass is 16.6. The van der Waals surface area contributed by atoms with Gasteiger partial charge < -0.3 is 10.2 Å². The number of aliphatic imine (C=N–C) groups is 1. The molecule has 0 rings (SSSR count). The van der Waals surface area contributed by atoms with Gasteiger partial charge in [-0.2, -0.15) is 0 Å². The van der Waals surface area contributed by atoms with Crippen LogP contribution in [0.4, 0.5) is 4.79 Å². The minimum Gasteiger partial charge on any atom is -0.450 e. The number of carboxylic acid groups (broad SMARTS) is 2. The van der Waals surface area contributed by atoms with Gasteiger partial charge in [0.2, 0.25) is 0 Å². The van der Waals surface area contributed by atoms with Gasteiger partial charge in [-0.25, -0.2) is 15.2 Å². The van der Waals surface area contributed by atoms with E-state index < -0.39 is 6.16 Å². The first-order chi connectivity index (χ1) is 4.15. The molecule has 0 bridgehead atoms. The van der Waals surface area contributed by atoms with Crippen LogP contribution in [0, 0.1) is 5.41 Å². The number of nitrogens with zero attached hydrogens (tertiary/aromatic N) is 1. The fourth-order valence-electron chi connectivity index (χ4n) is 0.0791. The molecule has 0 heterocycles. The Morgan fingerprint density at radius 3 is 2.11 bits per heavy atom. The smallest absolute Gasteiger partial charge is 0.450 e. The maximum absolute atomic E-state index is 8.56. The Labute approximate surface area is 52.2 Å². The van der Waals surface area contributed by atoms with Gasteiger partial charge in [-0.05, 0) is 6.92 Å². The molecule has 0 saturated heterocycles. The third-order valence-corrected chi connectivity index (χ3v) is 0.237. The predicted molar refractivity (Wildman–Crippen MR) is 31.3 cm³/mol. The fraction of sp³-hybridized carbons (Fsp3) is 0.500. The minimum atomic E-state index is -1.83. The normalized spacial score (nSPS) is 5.89. The molecule has 0 fully saturated rings. The molecule has 9 heavy (non-hydrogen) atoms. The zero-order valence-electron chi connectivity index (χ0n) is 4.96. The molecule has 0 aliphatic carbocycles. The SMILES string of the molecule is CCN=C=N.O=C(O)O. The van der Waals surface area contributed by atoms with Gasteiger partial charge in [0.05, 0.1) is 6.01 Å². The monoisotopic (exact) mass is 132 g/mol. The van der Waals surface area contributed by atoms with Gasteiger partial charge in [0, 0.05) is 6.54 Å². The van der Waals surface area contributed by atoms with E-state index in [1.807, 2.05) is 12.9 Å². The van der Waals surface area contributed by atoms with Crippen molar-refractivity contribution in [2.45, 2.75) is 6.92 Å². The maximum atomic E-state index is 8.56. The zero-order valence-corrected chi connectivity index (χ0v) is 4.96. The van der Waals surface area contributed by atoms with E-state index in [0.717, 1.165) is 0 Å². The van der Waals surface area contributed by atoms with Crippen LogP contribution in [0.15, 0.2) is 4.99 Å². The second-order valence-electron chi connectivity index (χ2n) is 0.869. The van der Waals surface area contributed by atoms with Crippen LogP contribution < -0.4 is 0 Å². The Morgan fingerprint density at radius 1 is 1.78 bits per heavy atom. The van der Waals surface area contributed by atoms with Crippen LogP contribution >= 0.6 is 0 Å². The lowest BCUT2D eigenvalue weighted by atomic mass is 10.8. The van der Waals surface area contributed by atoms with Gasteiger partial charge in [0.25, 0.3) is 0 Å². The molecule has 5 nitrogen and oxygen atoms in total. The zero-order chi connectivity index (χ0) is 7.70. The van der Waals surface area contributed by atoms with Crippen molar-refractivity contribution in [3.05, 3.63) is 0 Å².